The summed E-state index contributed by atoms with van der Waals surface area (Å²) in [5, 5.41) is 0. The average molecular weight is 404 g/mol. The molecule has 1 aliphatic rings. The fourth-order valence-corrected chi connectivity index (χ4v) is 3.88. The van der Waals surface area contributed by atoms with E-state index in [1.165, 1.54) is 0 Å². The van der Waals surface area contributed by atoms with Gasteiger partial charge in [-0.05, 0) is 44.0 Å². The Balaban J connectivity index is 1.64. The highest BCUT2D eigenvalue weighted by Gasteiger charge is 2.27. The number of fused-ring (bicyclic) bond motifs is 1. The SMILES string of the molecule is CCC/C=C\c1cc(N2CCc3nc(-c4ncccn4)ncc3[C@H]2C)cc(C)c1F. The summed E-state index contributed by atoms with van der Waals surface area (Å²) in [4.78, 5) is 20.0. The summed E-state index contributed by atoms with van der Waals surface area (Å²) in [6.45, 7) is 6.90. The first-order chi connectivity index (χ1) is 14.6. The van der Waals surface area contributed by atoms with Gasteiger partial charge in [0.05, 0.1) is 11.7 Å². The summed E-state index contributed by atoms with van der Waals surface area (Å²) in [5.74, 6) is 0.941. The van der Waals surface area contributed by atoms with Gasteiger partial charge in [-0.1, -0.05) is 25.5 Å². The van der Waals surface area contributed by atoms with E-state index in [4.69, 9.17) is 4.98 Å². The van der Waals surface area contributed by atoms with Crippen LogP contribution in [-0.2, 0) is 6.42 Å². The third kappa shape index (κ3) is 3.95. The van der Waals surface area contributed by atoms with Gasteiger partial charge in [0.25, 0.3) is 0 Å². The van der Waals surface area contributed by atoms with E-state index in [9.17, 15) is 4.39 Å². The van der Waals surface area contributed by atoms with Crippen molar-refractivity contribution in [2.75, 3.05) is 11.4 Å². The predicted octanol–water partition coefficient (Wildman–Crippen LogP) is 5.32. The zero-order valence-electron chi connectivity index (χ0n) is 17.6. The van der Waals surface area contributed by atoms with Gasteiger partial charge in [-0.15, -0.1) is 0 Å². The molecule has 0 fully saturated rings. The molecule has 1 aromatic carbocycles. The number of hydrogen-bond donors (Lipinski definition) is 0. The molecule has 0 radical (unpaired) electrons. The Kier molecular flexibility index (Phi) is 5.84. The molecule has 2 aromatic heterocycles. The topological polar surface area (TPSA) is 54.8 Å². The monoisotopic (exact) mass is 403 g/mol. The van der Waals surface area contributed by atoms with Crippen LogP contribution in [0.1, 0.15) is 55.1 Å². The molecule has 0 aliphatic carbocycles. The molecule has 1 aliphatic heterocycles. The molecule has 0 spiro atoms. The maximum atomic E-state index is 14.6. The molecule has 3 heterocycles. The van der Waals surface area contributed by atoms with Crippen LogP contribution in [0.4, 0.5) is 10.1 Å². The van der Waals surface area contributed by atoms with E-state index in [1.807, 2.05) is 37.4 Å². The van der Waals surface area contributed by atoms with Crippen LogP contribution in [0.2, 0.25) is 0 Å². The zero-order chi connectivity index (χ0) is 21.1. The van der Waals surface area contributed by atoms with E-state index in [1.54, 1.807) is 18.5 Å². The number of anilines is 1. The second-order valence-corrected chi connectivity index (χ2v) is 7.64. The zero-order valence-corrected chi connectivity index (χ0v) is 17.6. The lowest BCUT2D eigenvalue weighted by Gasteiger charge is -2.36. The normalized spacial score (nSPS) is 16.1. The van der Waals surface area contributed by atoms with Crippen molar-refractivity contribution in [1.82, 2.24) is 19.9 Å². The molecule has 0 amide bonds. The van der Waals surface area contributed by atoms with Crippen LogP contribution in [-0.4, -0.2) is 26.5 Å². The number of benzene rings is 1. The largest absolute Gasteiger partial charge is 0.364 e. The fourth-order valence-electron chi connectivity index (χ4n) is 3.88. The Morgan fingerprint density at radius 1 is 1.17 bits per heavy atom. The lowest BCUT2D eigenvalue weighted by atomic mass is 9.97. The first kappa shape index (κ1) is 20.1. The summed E-state index contributed by atoms with van der Waals surface area (Å²) < 4.78 is 14.6. The molecular weight excluding hydrogens is 377 g/mol. The minimum Gasteiger partial charge on any atom is -0.364 e. The molecule has 5 nitrogen and oxygen atoms in total. The van der Waals surface area contributed by atoms with Gasteiger partial charge >= 0.3 is 0 Å². The van der Waals surface area contributed by atoms with Gasteiger partial charge in [0.2, 0.25) is 0 Å². The molecule has 0 N–H and O–H groups in total. The van der Waals surface area contributed by atoms with Gasteiger partial charge < -0.3 is 4.90 Å². The van der Waals surface area contributed by atoms with Crippen molar-refractivity contribution in [2.45, 2.75) is 46.1 Å². The predicted molar refractivity (Wildman–Crippen MR) is 118 cm³/mol. The van der Waals surface area contributed by atoms with E-state index in [-0.39, 0.29) is 11.9 Å². The highest BCUT2D eigenvalue weighted by molar-refractivity contribution is 5.62. The quantitative estimate of drug-likeness (QED) is 0.577. The summed E-state index contributed by atoms with van der Waals surface area (Å²) >= 11 is 0. The first-order valence-electron chi connectivity index (χ1n) is 10.4. The van der Waals surface area contributed by atoms with E-state index >= 15 is 0 Å². The smallest absolute Gasteiger partial charge is 0.197 e. The Hall–Kier alpha value is -3.15. The number of allylic oxidation sites excluding steroid dienone is 1. The standard InChI is InChI=1S/C24H26FN5/c1-4-5-6-8-18-14-19(13-16(2)22(18)25)30-12-9-21-20(17(30)3)15-28-24(29-21)23-26-10-7-11-27-23/h6-8,10-11,13-15,17H,4-5,9,12H2,1-3H3/b8-6-/t17-/m1/s1. The Morgan fingerprint density at radius 3 is 2.73 bits per heavy atom. The maximum Gasteiger partial charge on any atom is 0.197 e. The van der Waals surface area contributed by atoms with Crippen LogP contribution < -0.4 is 4.90 Å². The van der Waals surface area contributed by atoms with Crippen molar-refractivity contribution in [1.29, 1.82) is 0 Å². The molecule has 0 saturated heterocycles. The second-order valence-electron chi connectivity index (χ2n) is 7.64. The van der Waals surface area contributed by atoms with Gasteiger partial charge in [-0.2, -0.15) is 0 Å². The summed E-state index contributed by atoms with van der Waals surface area (Å²) in [5.41, 5.74) is 4.45. The van der Waals surface area contributed by atoms with Crippen molar-refractivity contribution in [3.8, 4) is 11.6 Å². The summed E-state index contributed by atoms with van der Waals surface area (Å²) in [6, 6.07) is 5.75. The van der Waals surface area contributed by atoms with E-state index < -0.39 is 0 Å². The van der Waals surface area contributed by atoms with Crippen molar-refractivity contribution < 1.29 is 4.39 Å². The molecule has 30 heavy (non-hydrogen) atoms. The van der Waals surface area contributed by atoms with Gasteiger partial charge in [0.1, 0.15) is 5.82 Å². The van der Waals surface area contributed by atoms with E-state index in [0.29, 0.717) is 22.8 Å². The molecule has 6 heteroatoms. The maximum absolute atomic E-state index is 14.6. The minimum atomic E-state index is -0.146. The van der Waals surface area contributed by atoms with Gasteiger partial charge in [0, 0.05) is 48.4 Å². The number of aryl methyl sites for hydroxylation is 1. The fraction of sp³-hybridized carbons (Fsp3) is 0.333. The molecule has 0 unspecified atom stereocenters. The highest BCUT2D eigenvalue weighted by Crippen LogP contribution is 2.34. The number of unbranched alkanes of at least 4 members (excludes halogenated alkanes) is 1. The van der Waals surface area contributed by atoms with E-state index in [0.717, 1.165) is 42.8 Å². The molecule has 3 aromatic rings. The Labute approximate surface area is 176 Å². The van der Waals surface area contributed by atoms with Crippen molar-refractivity contribution in [2.24, 2.45) is 0 Å². The summed E-state index contributed by atoms with van der Waals surface area (Å²) in [6.07, 6.45) is 12.0. The minimum absolute atomic E-state index is 0.0943. The molecular formula is C24H26FN5. The van der Waals surface area contributed by atoms with Crippen molar-refractivity contribution in [3.63, 3.8) is 0 Å². The molecule has 154 valence electrons. The van der Waals surface area contributed by atoms with Gasteiger partial charge in [-0.25, -0.2) is 24.3 Å². The lowest BCUT2D eigenvalue weighted by Crippen LogP contribution is -2.35. The average Bonchev–Trinajstić information content (AvgIpc) is 2.77. The van der Waals surface area contributed by atoms with Crippen LogP contribution in [0.3, 0.4) is 0 Å². The van der Waals surface area contributed by atoms with Crippen molar-refractivity contribution >= 4 is 11.8 Å². The number of halogens is 1. The Morgan fingerprint density at radius 2 is 1.97 bits per heavy atom. The van der Waals surface area contributed by atoms with Crippen LogP contribution in [0.15, 0.2) is 42.9 Å². The van der Waals surface area contributed by atoms with Crippen molar-refractivity contribution in [3.05, 3.63) is 71.1 Å². The Bertz CT molecular complexity index is 1060. The molecule has 0 saturated carbocycles. The van der Waals surface area contributed by atoms with Gasteiger partial charge in [-0.3, -0.25) is 0 Å². The molecule has 1 atom stereocenters. The van der Waals surface area contributed by atoms with Crippen LogP contribution >= 0.6 is 0 Å². The second kappa shape index (κ2) is 8.69. The first-order valence-corrected chi connectivity index (χ1v) is 10.4. The lowest BCUT2D eigenvalue weighted by molar-refractivity contribution is 0.600. The summed E-state index contributed by atoms with van der Waals surface area (Å²) in [7, 11) is 0. The number of hydrogen-bond acceptors (Lipinski definition) is 5. The molecule has 4 rings (SSSR count). The molecule has 0 bridgehead atoms. The van der Waals surface area contributed by atoms with Crippen LogP contribution in [0.25, 0.3) is 17.7 Å². The van der Waals surface area contributed by atoms with Gasteiger partial charge in [0.15, 0.2) is 11.6 Å². The van der Waals surface area contributed by atoms with Crippen LogP contribution in [0.5, 0.6) is 0 Å². The highest BCUT2D eigenvalue weighted by atomic mass is 19.1. The van der Waals surface area contributed by atoms with E-state index in [2.05, 4.69) is 33.7 Å². The third-order valence-electron chi connectivity index (χ3n) is 5.52. The number of aromatic nitrogens is 4. The van der Waals surface area contributed by atoms with Crippen LogP contribution in [0, 0.1) is 12.7 Å². The number of nitrogens with zero attached hydrogens (tertiary/aromatic N) is 5. The third-order valence-corrected chi connectivity index (χ3v) is 5.52. The number of rotatable bonds is 5.